The number of sulfonamides is 1. The number of aryl methyl sites for hydroxylation is 1. The Balaban J connectivity index is 2.52. The smallest absolute Gasteiger partial charge is 0.273 e. The van der Waals surface area contributed by atoms with E-state index in [1.807, 2.05) is 6.92 Å². The van der Waals surface area contributed by atoms with Gasteiger partial charge < -0.3 is 5.73 Å². The van der Waals surface area contributed by atoms with Crippen LogP contribution >= 0.6 is 11.3 Å². The van der Waals surface area contributed by atoms with Gasteiger partial charge in [-0.2, -0.15) is 0 Å². The van der Waals surface area contributed by atoms with Gasteiger partial charge in [-0.1, -0.05) is 12.1 Å². The van der Waals surface area contributed by atoms with E-state index >= 15 is 0 Å². The highest BCUT2D eigenvalue weighted by atomic mass is 32.2. The fourth-order valence-electron chi connectivity index (χ4n) is 2.05. The SMILES string of the molecule is CCN(c1ccccc1F)S(=O)(=O)c1cc(C)c(CN)s1. The van der Waals surface area contributed by atoms with E-state index in [0.717, 1.165) is 26.1 Å². The van der Waals surface area contributed by atoms with Gasteiger partial charge in [0.05, 0.1) is 5.69 Å². The van der Waals surface area contributed by atoms with Gasteiger partial charge in [0.25, 0.3) is 10.0 Å². The Labute approximate surface area is 128 Å². The lowest BCUT2D eigenvalue weighted by molar-refractivity contribution is 0.588. The molecule has 4 nitrogen and oxygen atoms in total. The van der Waals surface area contributed by atoms with Crippen LogP contribution in [0.3, 0.4) is 0 Å². The van der Waals surface area contributed by atoms with Crippen LogP contribution in [0.1, 0.15) is 17.4 Å². The van der Waals surface area contributed by atoms with Crippen LogP contribution in [0.4, 0.5) is 10.1 Å². The molecule has 0 amide bonds. The number of hydrogen-bond donors (Lipinski definition) is 1. The van der Waals surface area contributed by atoms with Gasteiger partial charge in [-0.05, 0) is 37.6 Å². The van der Waals surface area contributed by atoms with Gasteiger partial charge in [0.15, 0.2) is 0 Å². The number of thiophene rings is 1. The molecule has 0 bridgehead atoms. The zero-order valence-electron chi connectivity index (χ0n) is 11.8. The van der Waals surface area contributed by atoms with E-state index in [0.29, 0.717) is 0 Å². The average Bonchev–Trinajstić information content (AvgIpc) is 2.83. The number of benzene rings is 1. The Hall–Kier alpha value is -1.44. The lowest BCUT2D eigenvalue weighted by Crippen LogP contribution is -2.30. The highest BCUT2D eigenvalue weighted by molar-refractivity contribution is 7.94. The molecular weight excluding hydrogens is 311 g/mol. The quantitative estimate of drug-likeness (QED) is 0.918. The number of nitrogens with zero attached hydrogens (tertiary/aromatic N) is 1. The van der Waals surface area contributed by atoms with Crippen molar-refractivity contribution < 1.29 is 12.8 Å². The number of halogens is 1. The molecule has 0 radical (unpaired) electrons. The molecule has 2 N–H and O–H groups in total. The van der Waals surface area contributed by atoms with Gasteiger partial charge in [-0.25, -0.2) is 12.8 Å². The Morgan fingerprint density at radius 3 is 2.52 bits per heavy atom. The van der Waals surface area contributed by atoms with Crippen molar-refractivity contribution in [2.75, 3.05) is 10.8 Å². The Morgan fingerprint density at radius 1 is 1.33 bits per heavy atom. The molecule has 0 aliphatic heterocycles. The number of anilines is 1. The monoisotopic (exact) mass is 328 g/mol. The molecule has 1 heterocycles. The first-order valence-electron chi connectivity index (χ1n) is 6.48. The van der Waals surface area contributed by atoms with Crippen molar-refractivity contribution in [2.45, 2.75) is 24.6 Å². The van der Waals surface area contributed by atoms with Crippen molar-refractivity contribution in [3.8, 4) is 0 Å². The molecule has 1 aromatic heterocycles. The second-order valence-corrected chi connectivity index (χ2v) is 7.72. The Bertz CT molecular complexity index is 741. The summed E-state index contributed by atoms with van der Waals surface area (Å²) >= 11 is 1.13. The van der Waals surface area contributed by atoms with E-state index < -0.39 is 15.8 Å². The van der Waals surface area contributed by atoms with Gasteiger partial charge >= 0.3 is 0 Å². The fraction of sp³-hybridized carbons (Fsp3) is 0.286. The summed E-state index contributed by atoms with van der Waals surface area (Å²) in [5.74, 6) is -0.560. The molecule has 0 fully saturated rings. The summed E-state index contributed by atoms with van der Waals surface area (Å²) < 4.78 is 40.6. The van der Waals surface area contributed by atoms with Gasteiger partial charge in [-0.3, -0.25) is 4.31 Å². The van der Waals surface area contributed by atoms with Crippen molar-refractivity contribution in [3.05, 3.63) is 46.6 Å². The zero-order chi connectivity index (χ0) is 15.6. The number of para-hydroxylation sites is 1. The fourth-order valence-corrected chi connectivity index (χ4v) is 5.12. The van der Waals surface area contributed by atoms with Crippen LogP contribution in [-0.4, -0.2) is 15.0 Å². The number of nitrogens with two attached hydrogens (primary N) is 1. The molecule has 7 heteroatoms. The lowest BCUT2D eigenvalue weighted by Gasteiger charge is -2.22. The van der Waals surface area contributed by atoms with Crippen LogP contribution in [0.2, 0.25) is 0 Å². The molecule has 2 aromatic rings. The molecule has 114 valence electrons. The number of rotatable bonds is 5. The first kappa shape index (κ1) is 15.9. The Morgan fingerprint density at radius 2 is 2.00 bits per heavy atom. The molecular formula is C14H17FN2O2S2. The summed E-state index contributed by atoms with van der Waals surface area (Å²) in [5.41, 5.74) is 6.49. The zero-order valence-corrected chi connectivity index (χ0v) is 13.5. The van der Waals surface area contributed by atoms with E-state index in [2.05, 4.69) is 0 Å². The van der Waals surface area contributed by atoms with E-state index in [1.54, 1.807) is 19.1 Å². The Kier molecular flexibility index (Phi) is 4.65. The third-order valence-corrected chi connectivity index (χ3v) is 6.73. The summed E-state index contributed by atoms with van der Waals surface area (Å²) in [4.78, 5) is 0.818. The molecule has 0 saturated heterocycles. The first-order chi connectivity index (χ1) is 9.91. The lowest BCUT2D eigenvalue weighted by atomic mass is 10.3. The van der Waals surface area contributed by atoms with Gasteiger partial charge in [0.2, 0.25) is 0 Å². The van der Waals surface area contributed by atoms with Crippen LogP contribution < -0.4 is 10.0 Å². The van der Waals surface area contributed by atoms with Crippen molar-refractivity contribution in [1.82, 2.24) is 0 Å². The third kappa shape index (κ3) is 2.95. The van der Waals surface area contributed by atoms with Crippen LogP contribution in [-0.2, 0) is 16.6 Å². The normalized spacial score (nSPS) is 11.6. The molecule has 0 spiro atoms. The van der Waals surface area contributed by atoms with Crippen molar-refractivity contribution in [3.63, 3.8) is 0 Å². The predicted octanol–water partition coefficient (Wildman–Crippen LogP) is 2.87. The topological polar surface area (TPSA) is 63.4 Å². The summed E-state index contributed by atoms with van der Waals surface area (Å²) in [6, 6.07) is 7.44. The summed E-state index contributed by atoms with van der Waals surface area (Å²) in [6.45, 7) is 3.93. The minimum Gasteiger partial charge on any atom is -0.326 e. The molecule has 1 aromatic carbocycles. The standard InChI is InChI=1S/C14H17FN2O2S2/c1-3-17(12-7-5-4-6-11(12)15)21(18,19)14-8-10(2)13(9-16)20-14/h4-8H,3,9,16H2,1-2H3. The van der Waals surface area contributed by atoms with Crippen molar-refractivity contribution >= 4 is 27.0 Å². The maximum Gasteiger partial charge on any atom is 0.273 e. The summed E-state index contributed by atoms with van der Waals surface area (Å²) in [6.07, 6.45) is 0. The highest BCUT2D eigenvalue weighted by Crippen LogP contribution is 2.31. The molecule has 0 aliphatic carbocycles. The molecule has 2 rings (SSSR count). The maximum atomic E-state index is 13.9. The molecule has 21 heavy (non-hydrogen) atoms. The largest absolute Gasteiger partial charge is 0.326 e. The minimum atomic E-state index is -3.78. The second kappa shape index (κ2) is 6.13. The molecule has 0 atom stereocenters. The van der Waals surface area contributed by atoms with Gasteiger partial charge in [0, 0.05) is 18.0 Å². The van der Waals surface area contributed by atoms with Crippen molar-refractivity contribution in [1.29, 1.82) is 0 Å². The van der Waals surface area contributed by atoms with Crippen LogP contribution in [0.15, 0.2) is 34.5 Å². The van der Waals surface area contributed by atoms with E-state index in [1.165, 1.54) is 18.2 Å². The van der Waals surface area contributed by atoms with E-state index in [-0.39, 0.29) is 23.0 Å². The minimum absolute atomic E-state index is 0.0559. The molecule has 0 saturated carbocycles. The van der Waals surface area contributed by atoms with E-state index in [9.17, 15) is 12.8 Å². The van der Waals surface area contributed by atoms with Crippen LogP contribution in [0.25, 0.3) is 0 Å². The van der Waals surface area contributed by atoms with E-state index in [4.69, 9.17) is 5.73 Å². The first-order valence-corrected chi connectivity index (χ1v) is 8.74. The predicted molar refractivity (Wildman–Crippen MR) is 83.6 cm³/mol. The summed E-state index contributed by atoms with van der Waals surface area (Å²) in [5, 5.41) is 0. The molecule has 0 aliphatic rings. The highest BCUT2D eigenvalue weighted by Gasteiger charge is 2.27. The average molecular weight is 328 g/mol. The van der Waals surface area contributed by atoms with Gasteiger partial charge in [0.1, 0.15) is 10.0 Å². The maximum absolute atomic E-state index is 13.9. The van der Waals surface area contributed by atoms with Crippen LogP contribution in [0.5, 0.6) is 0 Å². The second-order valence-electron chi connectivity index (χ2n) is 4.50. The van der Waals surface area contributed by atoms with Gasteiger partial charge in [-0.15, -0.1) is 11.3 Å². The third-order valence-electron chi connectivity index (χ3n) is 3.14. The summed E-state index contributed by atoms with van der Waals surface area (Å²) in [7, 11) is -3.78. The molecule has 0 unspecified atom stereocenters. The number of hydrogen-bond acceptors (Lipinski definition) is 4. The van der Waals surface area contributed by atoms with Crippen LogP contribution in [0, 0.1) is 12.7 Å². The van der Waals surface area contributed by atoms with Crippen molar-refractivity contribution in [2.24, 2.45) is 5.73 Å².